The highest BCUT2D eigenvalue weighted by Crippen LogP contribution is 2.37. The van der Waals surface area contributed by atoms with Crippen LogP contribution in [0.1, 0.15) is 13.8 Å². The van der Waals surface area contributed by atoms with Gasteiger partial charge in [0, 0.05) is 38.1 Å². The average Bonchev–Trinajstić information content (AvgIpc) is 3.16. The number of rotatable bonds is 6. The van der Waals surface area contributed by atoms with E-state index in [0.717, 1.165) is 37.4 Å². The maximum atomic E-state index is 10.5. The molecule has 1 saturated heterocycles. The molecule has 1 aromatic carbocycles. The minimum atomic E-state index is -0.634. The molecule has 2 aliphatic heterocycles. The number of nitrogens with zero attached hydrogens (tertiary/aromatic N) is 3. The van der Waals surface area contributed by atoms with Crippen molar-refractivity contribution in [2.24, 2.45) is 0 Å². The van der Waals surface area contributed by atoms with Gasteiger partial charge < -0.3 is 24.6 Å². The number of fused-ring (bicyclic) bond motifs is 3. The topological polar surface area (TPSA) is 105 Å². The van der Waals surface area contributed by atoms with Crippen molar-refractivity contribution in [1.82, 2.24) is 14.5 Å². The Labute approximate surface area is 169 Å². The second kappa shape index (κ2) is 8.17. The van der Waals surface area contributed by atoms with Crippen LogP contribution < -0.4 is 20.4 Å². The largest absolute Gasteiger partial charge is 0.491 e. The number of benzene rings is 1. The Kier molecular flexibility index (Phi) is 5.62. The van der Waals surface area contributed by atoms with E-state index >= 15 is 0 Å². The van der Waals surface area contributed by atoms with Crippen molar-refractivity contribution in [3.63, 3.8) is 0 Å². The lowest BCUT2D eigenvalue weighted by atomic mass is 10.2. The Balaban J connectivity index is 1.49. The molecule has 9 heteroatoms. The molecule has 9 nitrogen and oxygen atoms in total. The lowest BCUT2D eigenvalue weighted by molar-refractivity contribution is -0.0787. The first-order valence-corrected chi connectivity index (χ1v) is 10.0. The summed E-state index contributed by atoms with van der Waals surface area (Å²) in [4.78, 5) is 6.62. The SMILES string of the molecule is COc1c(OC[C@H](O)CN2CC(C)O[C@H](C)C2)ccc2c3n(c(=N)nc12)CCN3. The van der Waals surface area contributed by atoms with E-state index in [2.05, 4.69) is 15.2 Å². The number of aromatic nitrogens is 2. The van der Waals surface area contributed by atoms with Crippen molar-refractivity contribution in [3.05, 3.63) is 17.8 Å². The molecule has 4 rings (SSSR count). The molecule has 2 aromatic rings. The monoisotopic (exact) mass is 403 g/mol. The van der Waals surface area contributed by atoms with Gasteiger partial charge in [-0.3, -0.25) is 14.9 Å². The van der Waals surface area contributed by atoms with E-state index in [-0.39, 0.29) is 24.4 Å². The molecule has 3 N–H and O–H groups in total. The molecule has 0 bridgehead atoms. The molecule has 0 radical (unpaired) electrons. The van der Waals surface area contributed by atoms with Gasteiger partial charge in [-0.15, -0.1) is 0 Å². The number of hydrogen-bond acceptors (Lipinski definition) is 8. The Bertz CT molecular complexity index is 937. The number of anilines is 1. The predicted octanol–water partition coefficient (Wildman–Crippen LogP) is 0.799. The zero-order chi connectivity index (χ0) is 20.5. The van der Waals surface area contributed by atoms with Crippen LogP contribution in [-0.2, 0) is 11.3 Å². The second-order valence-electron chi connectivity index (χ2n) is 7.80. The molecule has 1 aromatic heterocycles. The summed E-state index contributed by atoms with van der Waals surface area (Å²) in [5, 5.41) is 22.9. The maximum Gasteiger partial charge on any atom is 0.224 e. The number of aliphatic hydroxyl groups is 1. The molecular formula is C20H29N5O4. The van der Waals surface area contributed by atoms with Crippen LogP contribution in [0.25, 0.3) is 10.9 Å². The molecule has 3 atom stereocenters. The number of aliphatic hydroxyl groups excluding tert-OH is 1. The molecule has 158 valence electrons. The number of morpholine rings is 1. The fraction of sp³-hybridized carbons (Fsp3) is 0.600. The summed E-state index contributed by atoms with van der Waals surface area (Å²) in [6, 6.07) is 3.75. The van der Waals surface area contributed by atoms with Gasteiger partial charge in [0.25, 0.3) is 0 Å². The number of β-amino-alcohol motifs (C(OH)–C–C–N with tert-alkyl or cyclic N) is 1. The molecule has 3 heterocycles. The zero-order valence-corrected chi connectivity index (χ0v) is 17.1. The van der Waals surface area contributed by atoms with Crippen molar-refractivity contribution >= 4 is 16.7 Å². The van der Waals surface area contributed by atoms with E-state index in [4.69, 9.17) is 19.6 Å². The third-order valence-corrected chi connectivity index (χ3v) is 5.32. The Morgan fingerprint density at radius 3 is 2.83 bits per heavy atom. The molecule has 2 aliphatic rings. The van der Waals surface area contributed by atoms with Crippen LogP contribution in [0.4, 0.5) is 5.82 Å². The second-order valence-corrected chi connectivity index (χ2v) is 7.80. The first-order chi connectivity index (χ1) is 14.0. The number of methoxy groups -OCH3 is 1. The van der Waals surface area contributed by atoms with Crippen molar-refractivity contribution in [3.8, 4) is 11.5 Å². The maximum absolute atomic E-state index is 10.5. The molecule has 29 heavy (non-hydrogen) atoms. The van der Waals surface area contributed by atoms with Gasteiger partial charge in [0.05, 0.1) is 19.3 Å². The first kappa shape index (κ1) is 19.9. The summed E-state index contributed by atoms with van der Waals surface area (Å²) >= 11 is 0. The third kappa shape index (κ3) is 4.03. The van der Waals surface area contributed by atoms with Crippen molar-refractivity contribution in [2.45, 2.75) is 38.7 Å². The van der Waals surface area contributed by atoms with Crippen LogP contribution in [0.15, 0.2) is 12.1 Å². The van der Waals surface area contributed by atoms with E-state index in [1.807, 2.05) is 30.5 Å². The first-order valence-electron chi connectivity index (χ1n) is 10.0. The zero-order valence-electron chi connectivity index (χ0n) is 17.1. The molecule has 0 amide bonds. The predicted molar refractivity (Wildman–Crippen MR) is 109 cm³/mol. The average molecular weight is 403 g/mol. The summed E-state index contributed by atoms with van der Waals surface area (Å²) in [5.74, 6) is 1.87. The molecular weight excluding hydrogens is 374 g/mol. The van der Waals surface area contributed by atoms with E-state index in [0.29, 0.717) is 23.6 Å². The van der Waals surface area contributed by atoms with Gasteiger partial charge in [-0.25, -0.2) is 4.98 Å². The minimum absolute atomic E-state index is 0.146. The highest BCUT2D eigenvalue weighted by atomic mass is 16.5. The van der Waals surface area contributed by atoms with Gasteiger partial charge >= 0.3 is 0 Å². The van der Waals surface area contributed by atoms with E-state index < -0.39 is 6.10 Å². The summed E-state index contributed by atoms with van der Waals surface area (Å²) in [6.07, 6.45) is -0.318. The third-order valence-electron chi connectivity index (χ3n) is 5.32. The van der Waals surface area contributed by atoms with Gasteiger partial charge in [-0.2, -0.15) is 0 Å². The summed E-state index contributed by atoms with van der Waals surface area (Å²) in [6.45, 7) is 7.86. The molecule has 0 aliphatic carbocycles. The van der Waals surface area contributed by atoms with Gasteiger partial charge in [-0.05, 0) is 26.0 Å². The number of nitrogens with one attached hydrogen (secondary N) is 2. The fourth-order valence-corrected chi connectivity index (χ4v) is 4.25. The van der Waals surface area contributed by atoms with Crippen LogP contribution >= 0.6 is 0 Å². The summed E-state index contributed by atoms with van der Waals surface area (Å²) < 4.78 is 19.0. The van der Waals surface area contributed by atoms with Crippen LogP contribution in [0.3, 0.4) is 0 Å². The molecule has 0 saturated carbocycles. The normalized spacial score (nSPS) is 22.9. The smallest absolute Gasteiger partial charge is 0.224 e. The van der Waals surface area contributed by atoms with Crippen LogP contribution in [0.5, 0.6) is 11.5 Å². The lowest BCUT2D eigenvalue weighted by Crippen LogP contribution is -2.48. The van der Waals surface area contributed by atoms with Gasteiger partial charge in [0.2, 0.25) is 5.62 Å². The van der Waals surface area contributed by atoms with E-state index in [9.17, 15) is 5.11 Å². The Hall–Kier alpha value is -2.36. The number of hydrogen-bond donors (Lipinski definition) is 3. The quantitative estimate of drug-likeness (QED) is 0.655. The minimum Gasteiger partial charge on any atom is -0.491 e. The Morgan fingerprint density at radius 1 is 1.34 bits per heavy atom. The van der Waals surface area contributed by atoms with Gasteiger partial charge in [-0.1, -0.05) is 0 Å². The van der Waals surface area contributed by atoms with Gasteiger partial charge in [0.1, 0.15) is 24.0 Å². The van der Waals surface area contributed by atoms with Gasteiger partial charge in [0.15, 0.2) is 11.5 Å². The lowest BCUT2D eigenvalue weighted by Gasteiger charge is -2.36. The molecule has 0 spiro atoms. The van der Waals surface area contributed by atoms with E-state index in [1.165, 1.54) is 0 Å². The highest BCUT2D eigenvalue weighted by Gasteiger charge is 2.25. The Morgan fingerprint density at radius 2 is 2.10 bits per heavy atom. The van der Waals surface area contributed by atoms with Crippen LogP contribution in [-0.4, -0.2) is 77.8 Å². The van der Waals surface area contributed by atoms with Crippen LogP contribution in [0.2, 0.25) is 0 Å². The fourth-order valence-electron chi connectivity index (χ4n) is 4.25. The standard InChI is InChI=1S/C20H29N5O4/c1-12-8-24(9-13(2)29-12)10-14(26)11-28-16-5-4-15-17(18(16)27-3)23-20(21)25-7-6-22-19(15)25/h4-5,12-14,21-22,26H,6-11H2,1-3H3/t12-,13?,14-/m1/s1. The van der Waals surface area contributed by atoms with Crippen molar-refractivity contribution in [1.29, 1.82) is 5.41 Å². The van der Waals surface area contributed by atoms with Crippen molar-refractivity contribution in [2.75, 3.05) is 45.2 Å². The summed E-state index contributed by atoms with van der Waals surface area (Å²) in [5.41, 5.74) is 0.768. The molecule has 1 unspecified atom stereocenters. The number of ether oxygens (including phenoxy) is 3. The van der Waals surface area contributed by atoms with Crippen molar-refractivity contribution < 1.29 is 19.3 Å². The summed E-state index contributed by atoms with van der Waals surface area (Å²) in [7, 11) is 1.56. The van der Waals surface area contributed by atoms with Crippen LogP contribution in [0, 0.1) is 5.41 Å². The van der Waals surface area contributed by atoms with E-state index in [1.54, 1.807) is 7.11 Å². The molecule has 1 fully saturated rings. The highest BCUT2D eigenvalue weighted by molar-refractivity contribution is 5.95.